The lowest BCUT2D eigenvalue weighted by atomic mass is 10.0. The molecule has 0 unspecified atom stereocenters. The second-order valence-corrected chi connectivity index (χ2v) is 9.53. The van der Waals surface area contributed by atoms with Gasteiger partial charge in [0.15, 0.2) is 10.8 Å². The summed E-state index contributed by atoms with van der Waals surface area (Å²) >= 11 is 3.44. The van der Waals surface area contributed by atoms with Gasteiger partial charge in [0.25, 0.3) is 0 Å². The molecule has 1 aromatic carbocycles. The molecule has 8 heteroatoms. The van der Waals surface area contributed by atoms with Crippen molar-refractivity contribution in [3.05, 3.63) is 64.1 Å². The molecule has 5 rings (SSSR count). The first-order chi connectivity index (χ1) is 15.6. The number of fused-ring (bicyclic) bond motifs is 1. The number of rotatable bonds is 6. The highest BCUT2D eigenvalue weighted by Crippen LogP contribution is 2.36. The molecule has 1 aliphatic heterocycles. The van der Waals surface area contributed by atoms with Crippen molar-refractivity contribution in [3.8, 4) is 11.1 Å². The maximum absolute atomic E-state index is 12.1. The second-order valence-electron chi connectivity index (χ2n) is 7.75. The summed E-state index contributed by atoms with van der Waals surface area (Å²) in [5.74, 6) is -0.388. The minimum Gasteiger partial charge on any atom is -0.461 e. The lowest BCUT2D eigenvalue weighted by Gasteiger charge is -2.22. The van der Waals surface area contributed by atoms with Gasteiger partial charge >= 0.3 is 5.97 Å². The highest BCUT2D eigenvalue weighted by Gasteiger charge is 2.19. The summed E-state index contributed by atoms with van der Waals surface area (Å²) in [5, 5.41) is 9.84. The molecule has 32 heavy (non-hydrogen) atoms. The Morgan fingerprint density at radius 3 is 2.88 bits per heavy atom. The van der Waals surface area contributed by atoms with E-state index in [-0.39, 0.29) is 5.97 Å². The van der Waals surface area contributed by atoms with Crippen LogP contribution in [0.15, 0.2) is 47.2 Å². The van der Waals surface area contributed by atoms with Crippen molar-refractivity contribution in [2.45, 2.75) is 26.8 Å². The molecule has 4 heterocycles. The van der Waals surface area contributed by atoms with Crippen molar-refractivity contribution in [2.75, 3.05) is 24.6 Å². The van der Waals surface area contributed by atoms with Crippen LogP contribution < -0.4 is 4.90 Å². The Balaban J connectivity index is 1.57. The molecule has 0 saturated heterocycles. The van der Waals surface area contributed by atoms with Gasteiger partial charge in [0.05, 0.1) is 23.4 Å². The number of carbonyl (C=O) groups is 1. The lowest BCUT2D eigenvalue weighted by Crippen LogP contribution is -2.26. The number of thiophene rings is 1. The molecule has 3 aromatic heterocycles. The third-order valence-electron chi connectivity index (χ3n) is 5.53. The highest BCUT2D eigenvalue weighted by molar-refractivity contribution is 7.22. The fraction of sp³-hybridized carbons (Fsp3) is 0.292. The first-order valence-corrected chi connectivity index (χ1v) is 12.5. The van der Waals surface area contributed by atoms with Crippen molar-refractivity contribution in [1.29, 1.82) is 0 Å². The van der Waals surface area contributed by atoms with Crippen LogP contribution in [0.1, 0.15) is 35.1 Å². The molecule has 0 amide bonds. The minimum absolute atomic E-state index is 0.335. The van der Waals surface area contributed by atoms with Gasteiger partial charge < -0.3 is 9.64 Å². The van der Waals surface area contributed by atoms with Crippen LogP contribution in [0.25, 0.3) is 21.3 Å². The summed E-state index contributed by atoms with van der Waals surface area (Å²) in [6, 6.07) is 8.37. The van der Waals surface area contributed by atoms with E-state index in [9.17, 15) is 4.79 Å². The van der Waals surface area contributed by atoms with Crippen molar-refractivity contribution in [2.24, 2.45) is 0 Å². The van der Waals surface area contributed by atoms with E-state index in [0.717, 1.165) is 41.4 Å². The van der Waals surface area contributed by atoms with Gasteiger partial charge in [-0.2, -0.15) is 16.4 Å². The summed E-state index contributed by atoms with van der Waals surface area (Å²) < 4.78 is 8.15. The Hall–Kier alpha value is -2.97. The topological polar surface area (TPSA) is 60.2 Å². The first kappa shape index (κ1) is 20.9. The summed E-state index contributed by atoms with van der Waals surface area (Å²) in [4.78, 5) is 19.5. The van der Waals surface area contributed by atoms with E-state index >= 15 is 0 Å². The van der Waals surface area contributed by atoms with Gasteiger partial charge in [-0.1, -0.05) is 23.5 Å². The number of thiazole rings is 1. The third kappa shape index (κ3) is 4.08. The van der Waals surface area contributed by atoms with Gasteiger partial charge in [-0.3, -0.25) is 4.68 Å². The normalized spacial score (nSPS) is 13.8. The SMILES string of the molecule is CCOC(=O)c1cc(C)n(Cc2cc(-c3ccsc3)cc3sc(N4CC=CCC4)nc23)n1. The molecule has 0 spiro atoms. The molecule has 164 valence electrons. The summed E-state index contributed by atoms with van der Waals surface area (Å²) in [5.41, 5.74) is 5.75. The fourth-order valence-electron chi connectivity index (χ4n) is 3.89. The van der Waals surface area contributed by atoms with Crippen LogP contribution in [0, 0.1) is 6.92 Å². The van der Waals surface area contributed by atoms with Gasteiger partial charge in [0.2, 0.25) is 0 Å². The Kier molecular flexibility index (Phi) is 5.80. The number of hydrogen-bond acceptors (Lipinski definition) is 7. The number of nitrogens with zero attached hydrogens (tertiary/aromatic N) is 4. The fourth-order valence-corrected chi connectivity index (χ4v) is 5.64. The van der Waals surface area contributed by atoms with Gasteiger partial charge in [0, 0.05) is 24.3 Å². The molecule has 0 N–H and O–H groups in total. The number of anilines is 1. The standard InChI is InChI=1S/C24H24N4O2S2/c1-3-30-23(29)20-11-16(2)28(26-20)14-19-12-18(17-7-10-31-15-17)13-21-22(19)25-24(32-21)27-8-5-4-6-9-27/h4-5,7,10-13,15H,3,6,8-9,14H2,1-2H3. The summed E-state index contributed by atoms with van der Waals surface area (Å²) in [7, 11) is 0. The number of aryl methyl sites for hydroxylation is 1. The Bertz CT molecular complexity index is 1290. The monoisotopic (exact) mass is 464 g/mol. The van der Waals surface area contributed by atoms with E-state index < -0.39 is 0 Å². The maximum atomic E-state index is 12.1. The molecule has 6 nitrogen and oxygen atoms in total. The quantitative estimate of drug-likeness (QED) is 0.278. The largest absolute Gasteiger partial charge is 0.461 e. The van der Waals surface area contributed by atoms with Crippen LogP contribution in [-0.2, 0) is 11.3 Å². The number of aromatic nitrogens is 3. The molecule has 0 atom stereocenters. The molecule has 1 aliphatic rings. The molecule has 0 saturated carbocycles. The molecular formula is C24H24N4O2S2. The van der Waals surface area contributed by atoms with E-state index in [1.165, 1.54) is 15.8 Å². The van der Waals surface area contributed by atoms with Gasteiger partial charge in [-0.05, 0) is 66.4 Å². The Morgan fingerprint density at radius 1 is 1.22 bits per heavy atom. The van der Waals surface area contributed by atoms with E-state index in [1.807, 2.05) is 11.6 Å². The van der Waals surface area contributed by atoms with Gasteiger partial charge in [-0.25, -0.2) is 9.78 Å². The zero-order chi connectivity index (χ0) is 22.1. The molecule has 0 aliphatic carbocycles. The van der Waals surface area contributed by atoms with Gasteiger partial charge in [-0.15, -0.1) is 0 Å². The highest BCUT2D eigenvalue weighted by atomic mass is 32.1. The van der Waals surface area contributed by atoms with Crippen LogP contribution in [0.3, 0.4) is 0 Å². The van der Waals surface area contributed by atoms with Crippen molar-refractivity contribution >= 4 is 44.0 Å². The van der Waals surface area contributed by atoms with Crippen LogP contribution in [0.4, 0.5) is 5.13 Å². The van der Waals surface area contributed by atoms with E-state index in [0.29, 0.717) is 18.8 Å². The lowest BCUT2D eigenvalue weighted by molar-refractivity contribution is 0.0518. The average molecular weight is 465 g/mol. The smallest absolute Gasteiger partial charge is 0.358 e. The number of carbonyl (C=O) groups excluding carboxylic acids is 1. The van der Waals surface area contributed by atoms with Crippen LogP contribution in [0.5, 0.6) is 0 Å². The van der Waals surface area contributed by atoms with Crippen molar-refractivity contribution < 1.29 is 9.53 Å². The summed E-state index contributed by atoms with van der Waals surface area (Å²) in [6.45, 7) is 6.52. The molecule has 4 aromatic rings. The van der Waals surface area contributed by atoms with E-state index in [1.54, 1.807) is 35.7 Å². The second kappa shape index (κ2) is 8.88. The zero-order valence-electron chi connectivity index (χ0n) is 18.1. The van der Waals surface area contributed by atoms with Crippen LogP contribution in [-0.4, -0.2) is 40.4 Å². The number of hydrogen-bond donors (Lipinski definition) is 0. The molecule has 0 bridgehead atoms. The van der Waals surface area contributed by atoms with Crippen LogP contribution in [0.2, 0.25) is 0 Å². The Labute approximate surface area is 194 Å². The van der Waals surface area contributed by atoms with Crippen molar-refractivity contribution in [1.82, 2.24) is 14.8 Å². The number of benzene rings is 1. The molecule has 0 fully saturated rings. The average Bonchev–Trinajstić information content (AvgIpc) is 3.55. The Morgan fingerprint density at radius 2 is 2.12 bits per heavy atom. The van der Waals surface area contributed by atoms with E-state index in [2.05, 4.69) is 51.1 Å². The number of esters is 1. The maximum Gasteiger partial charge on any atom is 0.358 e. The summed E-state index contributed by atoms with van der Waals surface area (Å²) in [6.07, 6.45) is 5.48. The zero-order valence-corrected chi connectivity index (χ0v) is 19.7. The van der Waals surface area contributed by atoms with Crippen LogP contribution >= 0.6 is 22.7 Å². The van der Waals surface area contributed by atoms with Crippen molar-refractivity contribution in [3.63, 3.8) is 0 Å². The predicted molar refractivity (Wildman–Crippen MR) is 131 cm³/mol. The predicted octanol–water partition coefficient (Wildman–Crippen LogP) is 5.52. The third-order valence-corrected chi connectivity index (χ3v) is 7.28. The minimum atomic E-state index is -0.388. The molecular weight excluding hydrogens is 440 g/mol. The number of ether oxygens (including phenoxy) is 1. The van der Waals surface area contributed by atoms with E-state index in [4.69, 9.17) is 9.72 Å². The molecule has 0 radical (unpaired) electrons. The first-order valence-electron chi connectivity index (χ1n) is 10.7. The van der Waals surface area contributed by atoms with Gasteiger partial charge in [0.1, 0.15) is 0 Å².